The van der Waals surface area contributed by atoms with Gasteiger partial charge in [0.05, 0.1) is 0 Å². The van der Waals surface area contributed by atoms with Crippen molar-refractivity contribution in [1.29, 1.82) is 0 Å². The van der Waals surface area contributed by atoms with Crippen molar-refractivity contribution in [3.63, 3.8) is 0 Å². The lowest BCUT2D eigenvalue weighted by Crippen LogP contribution is -1.93. The fraction of sp³-hybridized carbons (Fsp3) is 0.100. The molecule has 0 nitrogen and oxygen atoms in total. The van der Waals surface area contributed by atoms with Crippen LogP contribution in [-0.4, -0.2) is 0 Å². The predicted octanol–water partition coefficient (Wildman–Crippen LogP) is 26.5. The molecule has 0 radical (unpaired) electrons. The van der Waals surface area contributed by atoms with Crippen LogP contribution < -0.4 is 26.5 Å². The first-order valence-electron chi connectivity index (χ1n) is 37.1. The Kier molecular flexibility index (Phi) is 31.4. The highest BCUT2D eigenvalue weighted by Gasteiger charge is 2.12. The summed E-state index contributed by atoms with van der Waals surface area (Å²) in [6.07, 6.45) is 4.16. The van der Waals surface area contributed by atoms with Gasteiger partial charge in [0.15, 0.2) is 0 Å². The van der Waals surface area contributed by atoms with E-state index in [0.29, 0.717) is 0 Å². The van der Waals surface area contributed by atoms with Gasteiger partial charge in [-0.05, 0) is 284 Å². The molecule has 0 saturated heterocycles. The number of benzene rings is 15. The summed E-state index contributed by atoms with van der Waals surface area (Å²) < 4.78 is 0. The minimum Gasteiger partial charge on any atom is -0.133 e. The van der Waals surface area contributed by atoms with Gasteiger partial charge < -0.3 is 0 Å². The summed E-state index contributed by atoms with van der Waals surface area (Å²) in [6, 6.07) is 121. The maximum atomic E-state index is 2.83. The monoisotopic (exact) mass is 1610 g/mol. The van der Waals surface area contributed by atoms with Crippen molar-refractivity contribution in [1.82, 2.24) is 0 Å². The van der Waals surface area contributed by atoms with E-state index in [1.165, 1.54) is 193 Å². The van der Waals surface area contributed by atoms with E-state index in [2.05, 4.69) is 458 Å². The van der Waals surface area contributed by atoms with E-state index < -0.39 is 0 Å². The fourth-order valence-corrected chi connectivity index (χ4v) is 16.7. The van der Waals surface area contributed by atoms with Crippen molar-refractivity contribution in [3.8, 4) is 111 Å². The molecule has 10 atom stereocenters. The molecule has 0 aliphatic carbocycles. The topological polar surface area (TPSA) is 0 Å². The molecule has 0 fully saturated rings. The van der Waals surface area contributed by atoms with Crippen molar-refractivity contribution in [2.24, 2.45) is 0 Å². The number of hydrogen-bond donors (Lipinski definition) is 0. The highest BCUT2D eigenvalue weighted by molar-refractivity contribution is 8.02. The van der Waals surface area contributed by atoms with Crippen LogP contribution in [0.4, 0.5) is 0 Å². The second-order valence-electron chi connectivity index (χ2n) is 28.0. The van der Waals surface area contributed by atoms with Gasteiger partial charge in [0.1, 0.15) is 0 Å². The Balaban J connectivity index is 0.000000136. The number of aryl methyl sites for hydroxylation is 6. The number of hydrogen-bond acceptors (Lipinski definition) is 0. The molecular formula is C100H100P10. The first-order valence-corrected chi connectivity index (χ1v) is 45.5. The Morgan fingerprint density at radius 1 is 0.209 bits per heavy atom. The molecule has 10 heteroatoms. The van der Waals surface area contributed by atoms with E-state index in [9.17, 15) is 0 Å². The van der Waals surface area contributed by atoms with E-state index >= 15 is 0 Å². The highest BCUT2D eigenvalue weighted by atomic mass is 32.0. The summed E-state index contributed by atoms with van der Waals surface area (Å²) in [7, 11) is 25.7. The van der Waals surface area contributed by atoms with Gasteiger partial charge in [-0.15, -0.1) is 82.8 Å². The third-order valence-electron chi connectivity index (χ3n) is 19.6. The molecule has 550 valence electrons. The maximum absolute atomic E-state index is 2.83. The SMILES string of the molecule is Cc1cc(-c2ccc(P)cc2)cc(-c2ccc(CP)cc2)c1.Cc1cc(-c2cccc(-c3ccc(P)cc3)c2)ccc1CPP.Cc1cc(CP)ccc1-c1cccc(-c2ccc(P)cc2)c1.Cc1cc(P)ccc1-c1cccc(-c2ccc(CP)cc2)c1.Cc1ccc(-c2cccc(-c3ccc(P)cc3)c2)c(C)c1. The van der Waals surface area contributed by atoms with E-state index in [0.717, 1.165) is 32.9 Å². The molecule has 15 aromatic rings. The average Bonchev–Trinajstić information content (AvgIpc) is 0.807. The van der Waals surface area contributed by atoms with Crippen LogP contribution in [0.1, 0.15) is 55.6 Å². The standard InChI is InChI=1S/C20H21P3.3C20H20P2.C20H19P/c1-14-11-18(5-6-19(14)13-23-22)17-4-2-3-16(12-17)15-7-9-20(21)10-8-15;1-14-10-18(16-4-2-15(13-21)3-5-16)12-19(11-14)17-6-8-20(22)9-7-17;1-14-11-15(13-21)5-10-20(14)18-4-2-3-17(12-18)16-6-8-19(22)9-7-16;1-14-11-19(22)9-10-20(14)18-4-2-3-17(12-18)16-7-5-15(13-21)6-8-16;1-14-6-11-20(15(2)12-14)18-5-3-4-17(13-18)16-7-9-19(21)10-8-16/h2-12,23H,13,21-22H2,1H3;3*2-12H,13,21-22H2,1H3;3-13H,21H2,1-2H3. The van der Waals surface area contributed by atoms with Crippen molar-refractivity contribution < 1.29 is 0 Å². The smallest absolute Gasteiger partial charge is 0.00637 e. The second-order valence-corrected chi connectivity index (χ2v) is 34.5. The van der Waals surface area contributed by atoms with Gasteiger partial charge >= 0.3 is 0 Å². The van der Waals surface area contributed by atoms with Gasteiger partial charge in [0.2, 0.25) is 0 Å². The third-order valence-corrected chi connectivity index (χ3v) is 24.1. The van der Waals surface area contributed by atoms with Crippen LogP contribution in [0, 0.1) is 41.5 Å². The van der Waals surface area contributed by atoms with Crippen LogP contribution in [-0.2, 0) is 24.6 Å². The molecule has 0 N–H and O–H groups in total. The fourth-order valence-electron chi connectivity index (χ4n) is 13.5. The normalized spacial score (nSPS) is 10.8. The van der Waals surface area contributed by atoms with Crippen LogP contribution in [0.5, 0.6) is 0 Å². The lowest BCUT2D eigenvalue weighted by molar-refractivity contribution is 1.31. The first-order chi connectivity index (χ1) is 53.3. The number of rotatable bonds is 15. The molecule has 0 aliphatic heterocycles. The zero-order valence-electron chi connectivity index (χ0n) is 63.8. The Labute approximate surface area is 679 Å². The van der Waals surface area contributed by atoms with Gasteiger partial charge in [-0.2, -0.15) is 0 Å². The van der Waals surface area contributed by atoms with Crippen LogP contribution in [0.3, 0.4) is 0 Å². The van der Waals surface area contributed by atoms with Crippen molar-refractivity contribution in [2.45, 2.75) is 66.2 Å². The molecule has 0 amide bonds. The molecule has 0 bridgehead atoms. The minimum atomic E-state index is 0.888. The zero-order chi connectivity index (χ0) is 77.6. The molecule has 110 heavy (non-hydrogen) atoms. The maximum Gasteiger partial charge on any atom is -0.00637 e. The summed E-state index contributed by atoms with van der Waals surface area (Å²) in [5, 5.41) is 6.08. The predicted molar refractivity (Wildman–Crippen MR) is 524 cm³/mol. The molecule has 0 spiro atoms. The van der Waals surface area contributed by atoms with Gasteiger partial charge in [0.25, 0.3) is 0 Å². The summed E-state index contributed by atoms with van der Waals surface area (Å²) in [4.78, 5) is 0. The minimum absolute atomic E-state index is 0.888. The Bertz CT molecular complexity index is 5540. The molecule has 0 aromatic heterocycles. The summed E-state index contributed by atoms with van der Waals surface area (Å²) in [5.74, 6) is 0. The van der Waals surface area contributed by atoms with Crippen molar-refractivity contribution in [2.75, 3.05) is 0 Å². The molecular weight excluding hydrogens is 1510 g/mol. The van der Waals surface area contributed by atoms with Crippen molar-refractivity contribution in [3.05, 3.63) is 389 Å². The Hall–Kier alpha value is -7.40. The lowest BCUT2D eigenvalue weighted by Gasteiger charge is -2.10. The molecule has 15 aromatic carbocycles. The summed E-state index contributed by atoms with van der Waals surface area (Å²) >= 11 is 0. The van der Waals surface area contributed by atoms with E-state index in [4.69, 9.17) is 0 Å². The zero-order valence-corrected chi connectivity index (χ0v) is 75.2. The second kappa shape index (κ2) is 41.4. The molecule has 0 aliphatic rings. The lowest BCUT2D eigenvalue weighted by atomic mass is 9.95. The highest BCUT2D eigenvalue weighted by Crippen LogP contribution is 2.36. The summed E-state index contributed by atoms with van der Waals surface area (Å²) in [6.45, 7) is 13.0. The average molecular weight is 1610 g/mol. The van der Waals surface area contributed by atoms with Crippen molar-refractivity contribution >= 4 is 118 Å². The summed E-state index contributed by atoms with van der Waals surface area (Å²) in [5.41, 5.74) is 39.0. The van der Waals surface area contributed by atoms with Crippen LogP contribution in [0.2, 0.25) is 0 Å². The first kappa shape index (κ1) is 83.5. The van der Waals surface area contributed by atoms with E-state index in [1.54, 1.807) is 0 Å². The molecule has 10 unspecified atom stereocenters. The van der Waals surface area contributed by atoms with Crippen LogP contribution in [0.25, 0.3) is 111 Å². The van der Waals surface area contributed by atoms with Gasteiger partial charge in [-0.3, -0.25) is 0 Å². The third kappa shape index (κ3) is 23.6. The molecule has 0 heterocycles. The van der Waals surface area contributed by atoms with Gasteiger partial charge in [0, 0.05) is 0 Å². The van der Waals surface area contributed by atoms with E-state index in [1.807, 2.05) is 0 Å². The van der Waals surface area contributed by atoms with Gasteiger partial charge in [-0.25, -0.2) is 0 Å². The van der Waals surface area contributed by atoms with Crippen LogP contribution in [0.15, 0.2) is 334 Å². The molecule has 15 rings (SSSR count). The van der Waals surface area contributed by atoms with E-state index in [-0.39, 0.29) is 0 Å². The Morgan fingerprint density at radius 2 is 0.491 bits per heavy atom. The Morgan fingerprint density at radius 3 is 0.845 bits per heavy atom. The largest absolute Gasteiger partial charge is 0.133 e. The van der Waals surface area contributed by atoms with Gasteiger partial charge in [-0.1, -0.05) is 317 Å². The quantitative estimate of drug-likeness (QED) is 0.0898. The van der Waals surface area contributed by atoms with Crippen LogP contribution >= 0.6 is 91.1 Å². The molecule has 0 saturated carbocycles.